The van der Waals surface area contributed by atoms with Crippen molar-refractivity contribution in [1.29, 1.82) is 0 Å². The van der Waals surface area contributed by atoms with E-state index in [0.717, 1.165) is 47.6 Å². The summed E-state index contributed by atoms with van der Waals surface area (Å²) in [6.45, 7) is 6.82. The Kier molecular flexibility index (Phi) is 4.11. The van der Waals surface area contributed by atoms with Gasteiger partial charge in [0.1, 0.15) is 0 Å². The summed E-state index contributed by atoms with van der Waals surface area (Å²) in [6.07, 6.45) is 5.47. The minimum absolute atomic E-state index is 0.0346. The van der Waals surface area contributed by atoms with E-state index in [4.69, 9.17) is 0 Å². The molecule has 1 fully saturated rings. The number of para-hydroxylation sites is 1. The van der Waals surface area contributed by atoms with Crippen molar-refractivity contribution in [2.24, 2.45) is 0 Å². The van der Waals surface area contributed by atoms with Gasteiger partial charge >= 0.3 is 0 Å². The molecule has 3 aromatic rings. The summed E-state index contributed by atoms with van der Waals surface area (Å²) in [5, 5.41) is 11.8. The Morgan fingerprint density at radius 3 is 2.77 bits per heavy atom. The second kappa shape index (κ2) is 6.44. The van der Waals surface area contributed by atoms with Crippen LogP contribution in [0.3, 0.4) is 0 Å². The molecule has 6 nitrogen and oxygen atoms in total. The summed E-state index contributed by atoms with van der Waals surface area (Å²) >= 11 is 0. The third-order valence-electron chi connectivity index (χ3n) is 5.22. The molecule has 26 heavy (non-hydrogen) atoms. The number of nitrogens with one attached hydrogen (secondary N) is 1. The van der Waals surface area contributed by atoms with Gasteiger partial charge in [-0.05, 0) is 45.2 Å². The van der Waals surface area contributed by atoms with Crippen molar-refractivity contribution in [3.63, 3.8) is 0 Å². The van der Waals surface area contributed by atoms with Crippen LogP contribution in [0.1, 0.15) is 51.8 Å². The van der Waals surface area contributed by atoms with Gasteiger partial charge in [-0.15, -0.1) is 0 Å². The molecule has 1 unspecified atom stereocenters. The van der Waals surface area contributed by atoms with Crippen molar-refractivity contribution in [2.75, 3.05) is 6.54 Å². The number of carbonyl (C=O) groups excluding carboxylic acids is 1. The van der Waals surface area contributed by atoms with Crippen LogP contribution in [-0.2, 0) is 0 Å². The van der Waals surface area contributed by atoms with Crippen LogP contribution in [0.15, 0.2) is 36.7 Å². The Morgan fingerprint density at radius 1 is 1.23 bits per heavy atom. The largest absolute Gasteiger partial charge is 0.331 e. The van der Waals surface area contributed by atoms with Gasteiger partial charge in [-0.3, -0.25) is 9.89 Å². The molecule has 1 aliphatic heterocycles. The summed E-state index contributed by atoms with van der Waals surface area (Å²) in [7, 11) is 0. The molecule has 0 aliphatic carbocycles. The molecule has 1 N–H and O–H groups in total. The maximum Gasteiger partial charge on any atom is 0.257 e. The molecule has 0 spiro atoms. The first-order valence-electron chi connectivity index (χ1n) is 8.99. The molecule has 134 valence electrons. The monoisotopic (exact) mass is 349 g/mol. The molecule has 1 amide bonds. The van der Waals surface area contributed by atoms with E-state index in [1.807, 2.05) is 56.1 Å². The molecular formula is C20H23N5O. The molecule has 0 radical (unpaired) electrons. The number of aromatic amines is 1. The van der Waals surface area contributed by atoms with Gasteiger partial charge in [0.2, 0.25) is 0 Å². The number of hydrogen-bond acceptors (Lipinski definition) is 3. The highest BCUT2D eigenvalue weighted by atomic mass is 16.2. The van der Waals surface area contributed by atoms with E-state index in [0.29, 0.717) is 5.56 Å². The van der Waals surface area contributed by atoms with Gasteiger partial charge in [0.25, 0.3) is 5.91 Å². The highest BCUT2D eigenvalue weighted by Crippen LogP contribution is 2.35. The first-order valence-corrected chi connectivity index (χ1v) is 8.99. The van der Waals surface area contributed by atoms with E-state index in [2.05, 4.69) is 15.3 Å². The third kappa shape index (κ3) is 2.71. The minimum atomic E-state index is 0.0346. The molecule has 0 bridgehead atoms. The van der Waals surface area contributed by atoms with Crippen molar-refractivity contribution in [1.82, 2.24) is 24.9 Å². The second-order valence-electron chi connectivity index (χ2n) is 6.96. The highest BCUT2D eigenvalue weighted by molar-refractivity contribution is 5.94. The summed E-state index contributed by atoms with van der Waals surface area (Å²) < 4.78 is 1.78. The third-order valence-corrected chi connectivity index (χ3v) is 5.22. The lowest BCUT2D eigenvalue weighted by Crippen LogP contribution is -2.30. The van der Waals surface area contributed by atoms with Crippen LogP contribution < -0.4 is 0 Å². The summed E-state index contributed by atoms with van der Waals surface area (Å²) in [5.41, 5.74) is 5.91. The number of hydrogen-bond donors (Lipinski definition) is 1. The van der Waals surface area contributed by atoms with Crippen LogP contribution in [0.4, 0.5) is 0 Å². The van der Waals surface area contributed by atoms with E-state index < -0.39 is 0 Å². The van der Waals surface area contributed by atoms with E-state index in [-0.39, 0.29) is 11.9 Å². The average molecular weight is 349 g/mol. The van der Waals surface area contributed by atoms with Crippen LogP contribution in [0.5, 0.6) is 0 Å². The molecule has 2 aromatic heterocycles. The van der Waals surface area contributed by atoms with Crippen molar-refractivity contribution in [3.8, 4) is 5.69 Å². The van der Waals surface area contributed by atoms with E-state index >= 15 is 0 Å². The SMILES string of the molecule is Cc1ccccc1-n1cc(C(=O)N2CCCC2c2c(C)n[nH]c2C)cn1. The Balaban J connectivity index is 1.63. The summed E-state index contributed by atoms with van der Waals surface area (Å²) in [4.78, 5) is 15.1. The summed E-state index contributed by atoms with van der Waals surface area (Å²) in [6, 6.07) is 8.11. The first kappa shape index (κ1) is 16.6. The van der Waals surface area contributed by atoms with Crippen molar-refractivity contribution < 1.29 is 4.79 Å². The number of aromatic nitrogens is 4. The number of benzene rings is 1. The fraction of sp³-hybridized carbons (Fsp3) is 0.350. The molecule has 4 rings (SSSR count). The lowest BCUT2D eigenvalue weighted by atomic mass is 10.0. The average Bonchev–Trinajstić information content (AvgIpc) is 3.35. The number of aryl methyl sites for hydroxylation is 3. The number of rotatable bonds is 3. The van der Waals surface area contributed by atoms with Gasteiger partial charge in [0.15, 0.2) is 0 Å². The topological polar surface area (TPSA) is 66.8 Å². The highest BCUT2D eigenvalue weighted by Gasteiger charge is 2.33. The molecule has 1 saturated heterocycles. The summed E-state index contributed by atoms with van der Waals surface area (Å²) in [5.74, 6) is 0.0346. The molecule has 6 heteroatoms. The maximum atomic E-state index is 13.1. The first-order chi connectivity index (χ1) is 12.6. The standard InChI is InChI=1S/C20H23N5O/c1-13-7-4-5-8-17(13)25-12-16(11-21-25)20(26)24-10-6-9-18(24)19-14(2)22-23-15(19)3/h4-5,7-8,11-12,18H,6,9-10H2,1-3H3,(H,22,23). The fourth-order valence-electron chi connectivity index (χ4n) is 3.91. The molecule has 1 aliphatic rings. The normalized spacial score (nSPS) is 17.0. The van der Waals surface area contributed by atoms with Gasteiger partial charge in [0, 0.05) is 24.0 Å². The van der Waals surface area contributed by atoms with Gasteiger partial charge in [-0.2, -0.15) is 10.2 Å². The fourth-order valence-corrected chi connectivity index (χ4v) is 3.91. The quantitative estimate of drug-likeness (QED) is 0.787. The van der Waals surface area contributed by atoms with Gasteiger partial charge in [-0.25, -0.2) is 4.68 Å². The van der Waals surface area contributed by atoms with E-state index in [1.54, 1.807) is 10.9 Å². The minimum Gasteiger partial charge on any atom is -0.331 e. The Morgan fingerprint density at radius 2 is 2.04 bits per heavy atom. The zero-order chi connectivity index (χ0) is 18.3. The van der Waals surface area contributed by atoms with Crippen molar-refractivity contribution in [3.05, 3.63) is 64.7 Å². The Bertz CT molecular complexity index is 935. The van der Waals surface area contributed by atoms with Crippen LogP contribution in [-0.4, -0.2) is 37.3 Å². The zero-order valence-electron chi connectivity index (χ0n) is 15.4. The van der Waals surface area contributed by atoms with Gasteiger partial charge in [-0.1, -0.05) is 18.2 Å². The Labute approximate surface area is 152 Å². The number of likely N-dealkylation sites (tertiary alicyclic amines) is 1. The van der Waals surface area contributed by atoms with Crippen LogP contribution in [0, 0.1) is 20.8 Å². The Hall–Kier alpha value is -2.89. The van der Waals surface area contributed by atoms with Crippen LogP contribution in [0.2, 0.25) is 0 Å². The lowest BCUT2D eigenvalue weighted by Gasteiger charge is -2.24. The van der Waals surface area contributed by atoms with E-state index in [9.17, 15) is 4.79 Å². The smallest absolute Gasteiger partial charge is 0.257 e. The van der Waals surface area contributed by atoms with Gasteiger partial charge in [0.05, 0.1) is 29.2 Å². The number of carbonyl (C=O) groups is 1. The van der Waals surface area contributed by atoms with Gasteiger partial charge < -0.3 is 4.90 Å². The predicted octanol–water partition coefficient (Wildman–Crippen LogP) is 3.50. The van der Waals surface area contributed by atoms with E-state index in [1.165, 1.54) is 0 Å². The van der Waals surface area contributed by atoms with Crippen LogP contribution >= 0.6 is 0 Å². The molecular weight excluding hydrogens is 326 g/mol. The second-order valence-corrected chi connectivity index (χ2v) is 6.96. The zero-order valence-corrected chi connectivity index (χ0v) is 15.4. The molecule has 1 atom stereocenters. The maximum absolute atomic E-state index is 13.1. The van der Waals surface area contributed by atoms with Crippen molar-refractivity contribution in [2.45, 2.75) is 39.7 Å². The molecule has 1 aromatic carbocycles. The van der Waals surface area contributed by atoms with Crippen molar-refractivity contribution >= 4 is 5.91 Å². The predicted molar refractivity (Wildman–Crippen MR) is 99.4 cm³/mol. The van der Waals surface area contributed by atoms with Crippen LogP contribution in [0.25, 0.3) is 5.69 Å². The number of nitrogens with zero attached hydrogens (tertiary/aromatic N) is 4. The molecule has 0 saturated carbocycles. The number of H-pyrrole nitrogens is 1. The lowest BCUT2D eigenvalue weighted by molar-refractivity contribution is 0.0735. The molecule has 3 heterocycles. The number of amides is 1.